The monoisotopic (exact) mass is 392 g/mol. The number of anilines is 1. The van der Waals surface area contributed by atoms with Crippen LogP contribution in [-0.2, 0) is 6.54 Å². The molecule has 1 aromatic carbocycles. The van der Waals surface area contributed by atoms with Gasteiger partial charge < -0.3 is 5.32 Å². The summed E-state index contributed by atoms with van der Waals surface area (Å²) < 4.78 is 26.7. The highest BCUT2D eigenvalue weighted by Crippen LogP contribution is 2.26. The van der Waals surface area contributed by atoms with Crippen LogP contribution in [0.2, 0.25) is 0 Å². The van der Waals surface area contributed by atoms with E-state index in [-0.39, 0.29) is 5.56 Å². The number of aryl methyl sites for hydroxylation is 1. The van der Waals surface area contributed by atoms with E-state index in [0.29, 0.717) is 28.4 Å². The van der Waals surface area contributed by atoms with Crippen molar-refractivity contribution in [3.8, 4) is 0 Å². The fourth-order valence-electron chi connectivity index (χ4n) is 2.57. The lowest BCUT2D eigenvalue weighted by Crippen LogP contribution is -2.07. The van der Waals surface area contributed by atoms with E-state index in [1.165, 1.54) is 6.07 Å². The molecule has 0 bridgehead atoms. The van der Waals surface area contributed by atoms with Gasteiger partial charge in [0.1, 0.15) is 16.2 Å². The molecule has 0 atom stereocenters. The molecular formula is C17H15BrF2N4. The first kappa shape index (κ1) is 16.7. The molecule has 0 aliphatic carbocycles. The van der Waals surface area contributed by atoms with E-state index in [9.17, 15) is 8.78 Å². The molecular weight excluding hydrogens is 378 g/mol. The molecule has 0 aliphatic rings. The summed E-state index contributed by atoms with van der Waals surface area (Å²) in [7, 11) is 0. The highest BCUT2D eigenvalue weighted by Gasteiger charge is 2.13. The summed E-state index contributed by atoms with van der Waals surface area (Å²) in [6.45, 7) is 3.91. The zero-order valence-corrected chi connectivity index (χ0v) is 14.7. The zero-order valence-electron chi connectivity index (χ0n) is 13.1. The molecule has 2 aromatic heterocycles. The minimum atomic E-state index is -2.48. The molecule has 24 heavy (non-hydrogen) atoms. The maximum Gasteiger partial charge on any atom is 0.264 e. The number of rotatable bonds is 4. The normalized spacial score (nSPS) is 11.2. The molecule has 0 unspecified atom stereocenters. The van der Waals surface area contributed by atoms with Crippen LogP contribution in [0.4, 0.5) is 14.6 Å². The van der Waals surface area contributed by atoms with Crippen molar-refractivity contribution in [3.63, 3.8) is 0 Å². The maximum atomic E-state index is 13.0. The first-order valence-corrected chi connectivity index (χ1v) is 8.15. The van der Waals surface area contributed by atoms with Crippen molar-refractivity contribution in [1.29, 1.82) is 0 Å². The Hall–Kier alpha value is -2.15. The van der Waals surface area contributed by atoms with Crippen molar-refractivity contribution in [1.82, 2.24) is 15.0 Å². The molecule has 2 heterocycles. The van der Waals surface area contributed by atoms with Gasteiger partial charge in [-0.15, -0.1) is 0 Å². The van der Waals surface area contributed by atoms with Crippen LogP contribution in [0.15, 0.2) is 35.1 Å². The smallest absolute Gasteiger partial charge is 0.264 e. The second-order valence-corrected chi connectivity index (χ2v) is 6.24. The van der Waals surface area contributed by atoms with Crippen LogP contribution in [0.5, 0.6) is 0 Å². The van der Waals surface area contributed by atoms with Gasteiger partial charge in [-0.2, -0.15) is 0 Å². The van der Waals surface area contributed by atoms with E-state index in [1.807, 2.05) is 12.1 Å². The van der Waals surface area contributed by atoms with Gasteiger partial charge in [0.25, 0.3) is 6.43 Å². The summed E-state index contributed by atoms with van der Waals surface area (Å²) in [5, 5.41) is 4.06. The molecule has 0 radical (unpaired) electrons. The van der Waals surface area contributed by atoms with Gasteiger partial charge in [-0.25, -0.2) is 23.7 Å². The summed E-state index contributed by atoms with van der Waals surface area (Å²) in [6.07, 6.45) is -0.809. The molecule has 0 fully saturated rings. The summed E-state index contributed by atoms with van der Waals surface area (Å²) >= 11 is 3.34. The van der Waals surface area contributed by atoms with E-state index in [2.05, 4.69) is 36.2 Å². The fourth-order valence-corrected chi connectivity index (χ4v) is 2.90. The summed E-state index contributed by atoms with van der Waals surface area (Å²) in [5.41, 5.74) is 2.19. The largest absolute Gasteiger partial charge is 0.365 e. The Morgan fingerprint density at radius 3 is 2.75 bits per heavy atom. The predicted molar refractivity (Wildman–Crippen MR) is 93.2 cm³/mol. The quantitative estimate of drug-likeness (QED) is 0.637. The molecule has 7 heteroatoms. The molecule has 1 N–H and O–H groups in total. The van der Waals surface area contributed by atoms with Gasteiger partial charge in [-0.3, -0.25) is 0 Å². The van der Waals surface area contributed by atoms with Gasteiger partial charge in [0.15, 0.2) is 0 Å². The maximum absolute atomic E-state index is 13.0. The second-order valence-electron chi connectivity index (χ2n) is 5.43. The first-order chi connectivity index (χ1) is 11.5. The highest BCUT2D eigenvalue weighted by atomic mass is 79.9. The van der Waals surface area contributed by atoms with Crippen molar-refractivity contribution in [3.05, 3.63) is 57.6 Å². The molecule has 0 aliphatic heterocycles. The predicted octanol–water partition coefficient (Wildman–Crippen LogP) is 4.95. The highest BCUT2D eigenvalue weighted by molar-refractivity contribution is 9.10. The number of hydrogen-bond acceptors (Lipinski definition) is 4. The molecule has 3 rings (SSSR count). The molecule has 124 valence electrons. The number of hydrogen-bond donors (Lipinski definition) is 1. The van der Waals surface area contributed by atoms with Crippen LogP contribution >= 0.6 is 15.9 Å². The third-order valence-corrected chi connectivity index (χ3v) is 4.26. The Labute approximate surface area is 146 Å². The number of benzene rings is 1. The van der Waals surface area contributed by atoms with Crippen molar-refractivity contribution in [2.75, 3.05) is 5.32 Å². The lowest BCUT2D eigenvalue weighted by molar-refractivity contribution is 0.150. The number of nitrogens with zero attached hydrogens (tertiary/aromatic N) is 3. The van der Waals surface area contributed by atoms with E-state index >= 15 is 0 Å². The number of halogens is 3. The van der Waals surface area contributed by atoms with Gasteiger partial charge >= 0.3 is 0 Å². The van der Waals surface area contributed by atoms with Crippen LogP contribution in [0.25, 0.3) is 10.9 Å². The van der Waals surface area contributed by atoms with Crippen LogP contribution in [-0.4, -0.2) is 15.0 Å². The average molecular weight is 393 g/mol. The third-order valence-electron chi connectivity index (χ3n) is 3.83. The van der Waals surface area contributed by atoms with Crippen molar-refractivity contribution in [2.24, 2.45) is 0 Å². The number of alkyl halides is 2. The van der Waals surface area contributed by atoms with Gasteiger partial charge in [0.2, 0.25) is 0 Å². The van der Waals surface area contributed by atoms with Gasteiger partial charge in [0, 0.05) is 17.5 Å². The molecule has 4 nitrogen and oxygen atoms in total. The molecule has 3 aromatic rings. The van der Waals surface area contributed by atoms with Gasteiger partial charge in [0.05, 0.1) is 11.7 Å². The molecule has 0 saturated heterocycles. The molecule has 0 saturated carbocycles. The SMILES string of the molecule is Cc1nc(NCc2cccc(C(F)F)c2C)c2cc(Br)ncc2n1. The zero-order chi connectivity index (χ0) is 17.3. The van der Waals surface area contributed by atoms with Crippen molar-refractivity contribution in [2.45, 2.75) is 26.8 Å². The topological polar surface area (TPSA) is 50.7 Å². The van der Waals surface area contributed by atoms with Gasteiger partial charge in [-0.1, -0.05) is 18.2 Å². The number of nitrogens with one attached hydrogen (secondary N) is 1. The summed E-state index contributed by atoms with van der Waals surface area (Å²) in [6, 6.07) is 6.77. The molecule has 0 amide bonds. The average Bonchev–Trinajstić information content (AvgIpc) is 2.54. The van der Waals surface area contributed by atoms with Crippen LogP contribution in [0.1, 0.15) is 28.9 Å². The minimum absolute atomic E-state index is 0.0602. The second kappa shape index (κ2) is 6.76. The summed E-state index contributed by atoms with van der Waals surface area (Å²) in [5.74, 6) is 1.27. The Bertz CT molecular complexity index is 899. The Morgan fingerprint density at radius 2 is 2.00 bits per heavy atom. The number of aromatic nitrogens is 3. The molecule has 0 spiro atoms. The van der Waals surface area contributed by atoms with Crippen LogP contribution in [0.3, 0.4) is 0 Å². The van der Waals surface area contributed by atoms with Crippen LogP contribution in [0, 0.1) is 13.8 Å². The summed E-state index contributed by atoms with van der Waals surface area (Å²) in [4.78, 5) is 12.9. The Morgan fingerprint density at radius 1 is 1.21 bits per heavy atom. The van der Waals surface area contributed by atoms with E-state index in [0.717, 1.165) is 16.5 Å². The number of fused-ring (bicyclic) bond motifs is 1. The lowest BCUT2D eigenvalue weighted by Gasteiger charge is -2.13. The standard InChI is InChI=1S/C17H15BrF2N4/c1-9-11(4-3-5-12(9)16(19)20)7-22-17-13-6-15(18)21-8-14(13)23-10(2)24-17/h3-6,8,16H,7H2,1-2H3,(H,22,23,24). The third kappa shape index (κ3) is 3.36. The first-order valence-electron chi connectivity index (χ1n) is 7.36. The van der Waals surface area contributed by atoms with Crippen molar-refractivity contribution >= 4 is 32.7 Å². The van der Waals surface area contributed by atoms with E-state index in [1.54, 1.807) is 26.1 Å². The fraction of sp³-hybridized carbons (Fsp3) is 0.235. The van der Waals surface area contributed by atoms with E-state index < -0.39 is 6.43 Å². The van der Waals surface area contributed by atoms with Crippen LogP contribution < -0.4 is 5.32 Å². The van der Waals surface area contributed by atoms with E-state index in [4.69, 9.17) is 0 Å². The Kier molecular flexibility index (Phi) is 4.71. The minimum Gasteiger partial charge on any atom is -0.365 e. The number of pyridine rings is 1. The van der Waals surface area contributed by atoms with Gasteiger partial charge in [-0.05, 0) is 47.0 Å². The Balaban J connectivity index is 1.94. The van der Waals surface area contributed by atoms with Crippen molar-refractivity contribution < 1.29 is 8.78 Å². The lowest BCUT2D eigenvalue weighted by atomic mass is 10.0.